The molecule has 0 radical (unpaired) electrons. The Labute approximate surface area is 185 Å². The van der Waals surface area contributed by atoms with Crippen LogP contribution < -0.4 is 10.6 Å². The minimum absolute atomic E-state index is 0.00317. The van der Waals surface area contributed by atoms with E-state index in [1.807, 2.05) is 23.1 Å². The highest BCUT2D eigenvalue weighted by atomic mass is 19.1. The molecule has 2 aliphatic rings. The first-order chi connectivity index (χ1) is 16.2. The fourth-order valence-corrected chi connectivity index (χ4v) is 4.61. The first-order valence-electron chi connectivity index (χ1n) is 12.1. The summed E-state index contributed by atoms with van der Waals surface area (Å²) in [7, 11) is 2.10. The number of rotatable bonds is 1. The molecule has 3 aromatic rings. The number of likely N-dealkylation sites (tertiary alicyclic amines) is 1. The molecule has 2 aromatic carbocycles. The van der Waals surface area contributed by atoms with Gasteiger partial charge in [-0.1, -0.05) is 24.0 Å². The van der Waals surface area contributed by atoms with Gasteiger partial charge in [-0.3, -0.25) is 4.57 Å². The van der Waals surface area contributed by atoms with Gasteiger partial charge in [-0.15, -0.1) is 0 Å². The quantitative estimate of drug-likeness (QED) is 0.567. The Balaban J connectivity index is 1.65. The van der Waals surface area contributed by atoms with E-state index in [1.165, 1.54) is 18.2 Å². The predicted octanol–water partition coefficient (Wildman–Crippen LogP) is 3.46. The van der Waals surface area contributed by atoms with Gasteiger partial charge in [0.15, 0.2) is 5.82 Å². The van der Waals surface area contributed by atoms with Crippen molar-refractivity contribution in [2.24, 2.45) is 12.9 Å². The number of anilines is 2. The van der Waals surface area contributed by atoms with Crippen molar-refractivity contribution < 1.29 is 8.50 Å². The van der Waals surface area contributed by atoms with E-state index in [4.69, 9.17) is 4.11 Å². The van der Waals surface area contributed by atoms with Crippen LogP contribution in [0.15, 0.2) is 41.2 Å². The first-order valence-corrected chi connectivity index (χ1v) is 10.6. The van der Waals surface area contributed by atoms with Crippen LogP contribution in [-0.4, -0.2) is 41.1 Å². The van der Waals surface area contributed by atoms with Crippen molar-refractivity contribution in [3.05, 3.63) is 63.8 Å². The zero-order chi connectivity index (χ0) is 24.0. The molecule has 5 nitrogen and oxygen atoms in total. The Morgan fingerprint density at radius 1 is 1.23 bits per heavy atom. The Hall–Kier alpha value is -3.17. The molecule has 5 rings (SSSR count). The van der Waals surface area contributed by atoms with Crippen LogP contribution in [0.4, 0.5) is 15.9 Å². The summed E-state index contributed by atoms with van der Waals surface area (Å²) in [6, 6.07) is 9.93. The molecule has 0 bridgehead atoms. The van der Waals surface area contributed by atoms with E-state index in [0.717, 1.165) is 49.2 Å². The van der Waals surface area contributed by atoms with Crippen LogP contribution >= 0.6 is 0 Å². The van der Waals surface area contributed by atoms with Gasteiger partial charge in [0.2, 0.25) is 0 Å². The topological polar surface area (TPSA) is 41.4 Å². The molecule has 0 aliphatic carbocycles. The number of nitrogens with zero attached hydrogens (tertiary/aromatic N) is 4. The Morgan fingerprint density at radius 3 is 2.90 bits per heavy atom. The number of halogens is 1. The van der Waals surface area contributed by atoms with Crippen molar-refractivity contribution in [2.45, 2.75) is 19.3 Å². The average Bonchev–Trinajstić information content (AvgIpc) is 3.21. The fourth-order valence-electron chi connectivity index (χ4n) is 4.61. The zero-order valence-electron chi connectivity index (χ0n) is 20.4. The lowest BCUT2D eigenvalue weighted by Crippen LogP contribution is -2.30. The molecule has 0 saturated carbocycles. The van der Waals surface area contributed by atoms with Gasteiger partial charge >= 0.3 is 5.69 Å². The second-order valence-electron chi connectivity index (χ2n) is 8.26. The number of fused-ring (bicyclic) bond motifs is 2. The van der Waals surface area contributed by atoms with Crippen LogP contribution in [0.1, 0.15) is 28.1 Å². The van der Waals surface area contributed by atoms with E-state index in [0.29, 0.717) is 17.0 Å². The molecule has 1 fully saturated rings. The minimum Gasteiger partial charge on any atom is -0.325 e. The molecule has 1 aromatic heterocycles. The van der Waals surface area contributed by atoms with Crippen LogP contribution in [0.5, 0.6) is 0 Å². The Morgan fingerprint density at radius 2 is 2.10 bits per heavy atom. The van der Waals surface area contributed by atoms with E-state index in [-0.39, 0.29) is 16.7 Å². The molecule has 3 heterocycles. The summed E-state index contributed by atoms with van der Waals surface area (Å²) in [5.41, 5.74) is 1.87. The maximum Gasteiger partial charge on any atom is 0.349 e. The number of hydrogen-bond donors (Lipinski definition) is 0. The van der Waals surface area contributed by atoms with Crippen LogP contribution in [0, 0.1) is 23.6 Å². The van der Waals surface area contributed by atoms with Crippen molar-refractivity contribution in [1.29, 1.82) is 0 Å². The molecule has 2 aliphatic heterocycles. The normalized spacial score (nSPS) is 20.5. The van der Waals surface area contributed by atoms with Gasteiger partial charge in [-0.2, -0.15) is 4.98 Å². The largest absolute Gasteiger partial charge is 0.349 e. The molecular formula is C25H25FN4O. The zero-order valence-corrected chi connectivity index (χ0v) is 17.4. The van der Waals surface area contributed by atoms with Gasteiger partial charge in [0.25, 0.3) is 0 Å². The molecular weight excluding hydrogens is 391 g/mol. The standard InChI is InChI=1S/C25H25FN4O/c1-28-15-13-17(16-28)11-12-18-6-3-9-21-19(18)7-5-14-30(21)24-23-20(26)8-4-10-22(23)29(2)25(31)27-24/h3-4,6,8-10,17H,5,7,13-16H2,1-2H3/i2D3. The van der Waals surface area contributed by atoms with E-state index in [9.17, 15) is 4.79 Å². The van der Waals surface area contributed by atoms with Crippen LogP contribution in [0.25, 0.3) is 10.9 Å². The van der Waals surface area contributed by atoms with Crippen molar-refractivity contribution >= 4 is 22.4 Å². The summed E-state index contributed by atoms with van der Waals surface area (Å²) in [6.45, 7) is -0.230. The van der Waals surface area contributed by atoms with Gasteiger partial charge in [-0.05, 0) is 62.7 Å². The molecule has 1 atom stereocenters. The second kappa shape index (κ2) is 7.82. The molecule has 0 spiro atoms. The van der Waals surface area contributed by atoms with Gasteiger partial charge < -0.3 is 9.80 Å². The summed E-state index contributed by atoms with van der Waals surface area (Å²) < 4.78 is 38.9. The highest BCUT2D eigenvalue weighted by Crippen LogP contribution is 2.37. The second-order valence-corrected chi connectivity index (χ2v) is 8.26. The lowest BCUT2D eigenvalue weighted by atomic mass is 9.95. The van der Waals surface area contributed by atoms with E-state index in [2.05, 4.69) is 28.8 Å². The maximum absolute atomic E-state index is 15.1. The van der Waals surface area contributed by atoms with E-state index in [1.54, 1.807) is 0 Å². The van der Waals surface area contributed by atoms with Gasteiger partial charge in [0.1, 0.15) is 5.82 Å². The lowest BCUT2D eigenvalue weighted by Gasteiger charge is -2.32. The third-order valence-corrected chi connectivity index (χ3v) is 6.16. The SMILES string of the molecule is [2H]C([2H])([2H])n1c(=O)nc(N2CCCc3c(C#CC4CCN(C)C4)cccc32)c2c(F)cccc21. The summed E-state index contributed by atoms with van der Waals surface area (Å²) in [5, 5.41) is 0.0246. The van der Waals surface area contributed by atoms with Gasteiger partial charge in [0.05, 0.1) is 10.9 Å². The summed E-state index contributed by atoms with van der Waals surface area (Å²) in [6.07, 6.45) is 2.64. The van der Waals surface area contributed by atoms with Gasteiger partial charge in [-0.25, -0.2) is 9.18 Å². The molecule has 0 N–H and O–H groups in total. The highest BCUT2D eigenvalue weighted by molar-refractivity contribution is 5.93. The lowest BCUT2D eigenvalue weighted by molar-refractivity contribution is 0.409. The maximum atomic E-state index is 15.1. The number of aryl methyl sites for hydroxylation is 1. The molecule has 0 amide bonds. The van der Waals surface area contributed by atoms with Gasteiger partial charge in [0, 0.05) is 41.3 Å². The number of benzene rings is 2. The van der Waals surface area contributed by atoms with E-state index >= 15 is 4.39 Å². The average molecular weight is 420 g/mol. The van der Waals surface area contributed by atoms with Crippen molar-refractivity contribution in [1.82, 2.24) is 14.5 Å². The monoisotopic (exact) mass is 419 g/mol. The fraction of sp³-hybridized carbons (Fsp3) is 0.360. The minimum atomic E-state index is -2.77. The number of aromatic nitrogens is 2. The smallest absolute Gasteiger partial charge is 0.325 e. The number of hydrogen-bond acceptors (Lipinski definition) is 4. The summed E-state index contributed by atoms with van der Waals surface area (Å²) >= 11 is 0. The third kappa shape index (κ3) is 3.49. The van der Waals surface area contributed by atoms with Crippen molar-refractivity contribution in [3.63, 3.8) is 0 Å². The Kier molecular flexibility index (Phi) is 4.17. The third-order valence-electron chi connectivity index (χ3n) is 6.16. The van der Waals surface area contributed by atoms with Crippen LogP contribution in [0.3, 0.4) is 0 Å². The molecule has 6 heteroatoms. The predicted molar refractivity (Wildman–Crippen MR) is 121 cm³/mol. The molecule has 31 heavy (non-hydrogen) atoms. The van der Waals surface area contributed by atoms with E-state index < -0.39 is 18.5 Å². The summed E-state index contributed by atoms with van der Waals surface area (Å²) in [4.78, 5) is 21.0. The molecule has 1 saturated heterocycles. The molecule has 1 unspecified atom stereocenters. The first kappa shape index (κ1) is 16.5. The molecule has 158 valence electrons. The van der Waals surface area contributed by atoms with Crippen molar-refractivity contribution in [3.8, 4) is 11.8 Å². The van der Waals surface area contributed by atoms with Crippen LogP contribution in [-0.2, 0) is 13.4 Å². The Bertz CT molecular complexity index is 1390. The van der Waals surface area contributed by atoms with Crippen molar-refractivity contribution in [2.75, 3.05) is 31.6 Å². The van der Waals surface area contributed by atoms with Crippen LogP contribution in [0.2, 0.25) is 0 Å². The summed E-state index contributed by atoms with van der Waals surface area (Å²) in [5.74, 6) is 6.62. The highest BCUT2D eigenvalue weighted by Gasteiger charge is 2.25.